The van der Waals surface area contributed by atoms with Crippen molar-refractivity contribution in [1.82, 2.24) is 20.4 Å². The molecule has 3 saturated heterocycles. The first kappa shape index (κ1) is 19.9. The van der Waals surface area contributed by atoms with Crippen molar-refractivity contribution < 1.29 is 18.8 Å². The number of nitrogens with zero attached hydrogens (tertiary/aromatic N) is 2. The van der Waals surface area contributed by atoms with Crippen LogP contribution in [0.2, 0.25) is 0 Å². The quantitative estimate of drug-likeness (QED) is 0.679. The van der Waals surface area contributed by atoms with Crippen molar-refractivity contribution in [2.45, 2.75) is 63.6 Å². The molecule has 0 aliphatic carbocycles. The molecule has 8 nitrogen and oxygen atoms in total. The van der Waals surface area contributed by atoms with Crippen molar-refractivity contribution in [3.05, 3.63) is 24.2 Å². The predicted molar refractivity (Wildman–Crippen MR) is 106 cm³/mol. The minimum absolute atomic E-state index is 0.0514. The van der Waals surface area contributed by atoms with E-state index in [1.54, 1.807) is 12.1 Å². The average molecular weight is 402 g/mol. The van der Waals surface area contributed by atoms with Crippen LogP contribution in [0.1, 0.15) is 50.7 Å². The third-order valence-electron chi connectivity index (χ3n) is 6.45. The van der Waals surface area contributed by atoms with Crippen LogP contribution >= 0.6 is 0 Å². The molecule has 2 N–H and O–H groups in total. The molecule has 0 unspecified atom stereocenters. The van der Waals surface area contributed by atoms with E-state index < -0.39 is 12.1 Å². The van der Waals surface area contributed by atoms with Crippen LogP contribution in [0.3, 0.4) is 0 Å². The normalized spacial score (nSPS) is 27.6. The zero-order valence-electron chi connectivity index (χ0n) is 16.8. The summed E-state index contributed by atoms with van der Waals surface area (Å²) in [6.45, 7) is 3.19. The zero-order valence-corrected chi connectivity index (χ0v) is 16.8. The summed E-state index contributed by atoms with van der Waals surface area (Å²) in [4.78, 5) is 40.6. The van der Waals surface area contributed by atoms with Gasteiger partial charge >= 0.3 is 6.03 Å². The molecular formula is C21H30N4O4. The Bertz CT molecular complexity index is 733. The number of amides is 4. The summed E-state index contributed by atoms with van der Waals surface area (Å²) in [7, 11) is 0. The second kappa shape index (κ2) is 8.98. The van der Waals surface area contributed by atoms with Gasteiger partial charge in [-0.25, -0.2) is 4.79 Å². The Morgan fingerprint density at radius 1 is 1.21 bits per heavy atom. The van der Waals surface area contributed by atoms with Crippen LogP contribution < -0.4 is 10.6 Å². The van der Waals surface area contributed by atoms with Crippen molar-refractivity contribution >= 4 is 17.8 Å². The highest BCUT2D eigenvalue weighted by Crippen LogP contribution is 2.30. The van der Waals surface area contributed by atoms with E-state index in [-0.39, 0.29) is 24.8 Å². The zero-order chi connectivity index (χ0) is 20.2. The number of urea groups is 1. The fraction of sp³-hybridized carbons (Fsp3) is 0.667. The summed E-state index contributed by atoms with van der Waals surface area (Å²) in [5.41, 5.74) is 0. The maximum Gasteiger partial charge on any atom is 0.325 e. The van der Waals surface area contributed by atoms with Crippen molar-refractivity contribution in [2.75, 3.05) is 19.6 Å². The van der Waals surface area contributed by atoms with Gasteiger partial charge < -0.3 is 20.0 Å². The minimum Gasteiger partial charge on any atom is -0.467 e. The largest absolute Gasteiger partial charge is 0.467 e. The predicted octanol–water partition coefficient (Wildman–Crippen LogP) is 1.86. The smallest absolute Gasteiger partial charge is 0.325 e. The molecule has 3 aliphatic heterocycles. The molecule has 8 heteroatoms. The van der Waals surface area contributed by atoms with Gasteiger partial charge in [-0.3, -0.25) is 14.5 Å². The second-order valence-corrected chi connectivity index (χ2v) is 8.35. The Labute approximate surface area is 171 Å². The second-order valence-electron chi connectivity index (χ2n) is 8.35. The number of carbonyl (C=O) groups is 3. The van der Waals surface area contributed by atoms with Crippen LogP contribution in [0.5, 0.6) is 0 Å². The lowest BCUT2D eigenvalue weighted by molar-refractivity contribution is -0.128. The van der Waals surface area contributed by atoms with Gasteiger partial charge in [0, 0.05) is 19.0 Å². The molecule has 0 radical (unpaired) electrons. The average Bonchev–Trinajstić information content (AvgIpc) is 3.34. The molecule has 0 saturated carbocycles. The topological polar surface area (TPSA) is 94.9 Å². The summed E-state index contributed by atoms with van der Waals surface area (Å²) >= 11 is 0. The summed E-state index contributed by atoms with van der Waals surface area (Å²) in [6.07, 6.45) is 8.21. The lowest BCUT2D eigenvalue weighted by atomic mass is 9.83. The lowest BCUT2D eigenvalue weighted by Gasteiger charge is -2.44. The van der Waals surface area contributed by atoms with Gasteiger partial charge in [0.25, 0.3) is 5.91 Å². The number of furan rings is 1. The van der Waals surface area contributed by atoms with Crippen molar-refractivity contribution in [3.63, 3.8) is 0 Å². The molecule has 0 spiro atoms. The monoisotopic (exact) mass is 402 g/mol. The van der Waals surface area contributed by atoms with Crippen molar-refractivity contribution in [2.24, 2.45) is 5.92 Å². The van der Waals surface area contributed by atoms with Crippen LogP contribution in [0.4, 0.5) is 4.79 Å². The molecule has 4 heterocycles. The fourth-order valence-corrected chi connectivity index (χ4v) is 4.90. The number of fused-ring (bicyclic) bond motifs is 1. The molecule has 3 atom stereocenters. The Kier molecular flexibility index (Phi) is 6.18. The number of nitrogens with one attached hydrogen (secondary N) is 2. The van der Waals surface area contributed by atoms with Gasteiger partial charge in [0.2, 0.25) is 5.91 Å². The van der Waals surface area contributed by atoms with Crippen molar-refractivity contribution in [3.8, 4) is 0 Å². The van der Waals surface area contributed by atoms with Crippen LogP contribution in [0.15, 0.2) is 22.8 Å². The highest BCUT2D eigenvalue weighted by molar-refractivity contribution is 6.04. The summed E-state index contributed by atoms with van der Waals surface area (Å²) in [5.74, 6) is 0.717. The molecule has 1 aromatic rings. The number of rotatable bonds is 7. The van der Waals surface area contributed by atoms with E-state index in [0.717, 1.165) is 4.90 Å². The Morgan fingerprint density at radius 3 is 2.90 bits per heavy atom. The number of hydrogen-bond acceptors (Lipinski definition) is 5. The van der Waals surface area contributed by atoms with Gasteiger partial charge in [0.1, 0.15) is 11.8 Å². The number of carbonyl (C=O) groups excluding carboxylic acids is 3. The van der Waals surface area contributed by atoms with Crippen LogP contribution in [0, 0.1) is 5.92 Å². The third-order valence-corrected chi connectivity index (χ3v) is 6.45. The van der Waals surface area contributed by atoms with Gasteiger partial charge in [-0.05, 0) is 63.2 Å². The molecule has 0 bridgehead atoms. The standard InChI is InChI=1S/C21H30N4O4/c26-19(22-13-15-5-3-11-24-10-2-1-7-18(15)24)9-8-17-20(27)25(21(28)23-17)14-16-6-4-12-29-16/h4,6,12,15,17-18H,1-3,5,7-11,13-14H2,(H,22,26)(H,23,28)/t15-,17-,18-/m0/s1. The van der Waals surface area contributed by atoms with Crippen LogP contribution in [0.25, 0.3) is 0 Å². The number of imide groups is 1. The molecule has 3 aliphatic rings. The van der Waals surface area contributed by atoms with E-state index in [4.69, 9.17) is 4.42 Å². The van der Waals surface area contributed by atoms with Gasteiger partial charge in [0.05, 0.1) is 12.8 Å². The fourth-order valence-electron chi connectivity index (χ4n) is 4.90. The number of hydrogen-bond donors (Lipinski definition) is 2. The SMILES string of the molecule is O=C(CC[C@@H]1NC(=O)N(Cc2ccco2)C1=O)NC[C@@H]1CCCN2CCCC[C@@H]12. The number of piperidine rings is 2. The van der Waals surface area contributed by atoms with E-state index in [0.29, 0.717) is 30.7 Å². The minimum atomic E-state index is -0.647. The van der Waals surface area contributed by atoms with Gasteiger partial charge in [-0.2, -0.15) is 0 Å². The molecule has 1 aromatic heterocycles. The lowest BCUT2D eigenvalue weighted by Crippen LogP contribution is -2.51. The van der Waals surface area contributed by atoms with Gasteiger partial charge in [0.15, 0.2) is 0 Å². The van der Waals surface area contributed by atoms with E-state index in [1.807, 2.05) is 0 Å². The highest BCUT2D eigenvalue weighted by Gasteiger charge is 2.38. The molecule has 4 rings (SSSR count). The summed E-state index contributed by atoms with van der Waals surface area (Å²) < 4.78 is 5.21. The van der Waals surface area contributed by atoms with E-state index in [1.165, 1.54) is 51.5 Å². The Morgan fingerprint density at radius 2 is 2.07 bits per heavy atom. The van der Waals surface area contributed by atoms with Gasteiger partial charge in [-0.1, -0.05) is 6.42 Å². The highest BCUT2D eigenvalue weighted by atomic mass is 16.3. The van der Waals surface area contributed by atoms with Crippen molar-refractivity contribution in [1.29, 1.82) is 0 Å². The first-order valence-corrected chi connectivity index (χ1v) is 10.8. The molecule has 29 heavy (non-hydrogen) atoms. The third kappa shape index (κ3) is 4.63. The van der Waals surface area contributed by atoms with E-state index >= 15 is 0 Å². The molecule has 4 amide bonds. The van der Waals surface area contributed by atoms with Crippen LogP contribution in [-0.4, -0.2) is 59.4 Å². The molecule has 0 aromatic carbocycles. The molecule has 158 valence electrons. The first-order valence-electron chi connectivity index (χ1n) is 10.8. The van der Waals surface area contributed by atoms with E-state index in [2.05, 4.69) is 15.5 Å². The maximum absolute atomic E-state index is 12.5. The van der Waals surface area contributed by atoms with E-state index in [9.17, 15) is 14.4 Å². The molecular weight excluding hydrogens is 372 g/mol. The Balaban J connectivity index is 1.21. The molecule has 3 fully saturated rings. The van der Waals surface area contributed by atoms with Crippen LogP contribution in [-0.2, 0) is 16.1 Å². The van der Waals surface area contributed by atoms with Gasteiger partial charge in [-0.15, -0.1) is 0 Å². The summed E-state index contributed by atoms with van der Waals surface area (Å²) in [6, 6.07) is 2.96. The first-order chi connectivity index (χ1) is 14.1. The Hall–Kier alpha value is -2.35. The maximum atomic E-state index is 12.5. The summed E-state index contributed by atoms with van der Waals surface area (Å²) in [5, 5.41) is 5.74.